The number of fused-ring (bicyclic) bond motifs is 1. The topological polar surface area (TPSA) is 81.1 Å². The Balaban J connectivity index is 1.69. The molecule has 1 amide bonds. The summed E-state index contributed by atoms with van der Waals surface area (Å²) in [5.41, 5.74) is 2.83. The third kappa shape index (κ3) is 3.80. The van der Waals surface area contributed by atoms with Gasteiger partial charge in [-0.2, -0.15) is 0 Å². The number of halogens is 1. The number of amides is 1. The number of carbonyl (C=O) groups excluding carboxylic acids is 2. The number of thioether (sulfide) groups is 1. The lowest BCUT2D eigenvalue weighted by atomic mass is 10.1. The standard InChI is InChI=1S/C18H14FN3O3S/c1-11(23)12-6-7-16(14(19)8-12)26-9-17(24)21-22-10-20-15-5-3-2-4-13(15)18(22)25/h2-8,10H,9H2,1H3,(H,21,24). The van der Waals surface area contributed by atoms with Crippen molar-refractivity contribution in [1.29, 1.82) is 0 Å². The van der Waals surface area contributed by atoms with E-state index in [1.807, 2.05) is 0 Å². The number of ketones is 1. The van der Waals surface area contributed by atoms with Gasteiger partial charge in [-0.1, -0.05) is 18.2 Å². The van der Waals surface area contributed by atoms with E-state index in [9.17, 15) is 18.8 Å². The van der Waals surface area contributed by atoms with E-state index in [1.54, 1.807) is 24.3 Å². The summed E-state index contributed by atoms with van der Waals surface area (Å²) >= 11 is 0.970. The van der Waals surface area contributed by atoms with Gasteiger partial charge >= 0.3 is 0 Å². The normalized spacial score (nSPS) is 10.7. The molecule has 1 aromatic heterocycles. The van der Waals surface area contributed by atoms with Gasteiger partial charge in [-0.05, 0) is 31.2 Å². The molecule has 0 radical (unpaired) electrons. The number of hydrogen-bond donors (Lipinski definition) is 1. The first-order valence-electron chi connectivity index (χ1n) is 7.65. The number of nitrogens with one attached hydrogen (secondary N) is 1. The highest BCUT2D eigenvalue weighted by Gasteiger charge is 2.11. The quantitative estimate of drug-likeness (QED) is 0.551. The zero-order chi connectivity index (χ0) is 18.7. The highest BCUT2D eigenvalue weighted by molar-refractivity contribution is 8.00. The molecule has 0 aliphatic heterocycles. The molecule has 0 bridgehead atoms. The van der Waals surface area contributed by atoms with Crippen molar-refractivity contribution in [3.63, 3.8) is 0 Å². The molecule has 8 heteroatoms. The fourth-order valence-electron chi connectivity index (χ4n) is 2.30. The maximum Gasteiger partial charge on any atom is 0.280 e. The average molecular weight is 371 g/mol. The molecule has 3 aromatic rings. The van der Waals surface area contributed by atoms with Gasteiger partial charge in [-0.3, -0.25) is 19.8 Å². The zero-order valence-electron chi connectivity index (χ0n) is 13.7. The minimum absolute atomic E-state index is 0.102. The summed E-state index contributed by atoms with van der Waals surface area (Å²) in [6.07, 6.45) is 1.23. The fraction of sp³-hybridized carbons (Fsp3) is 0.111. The van der Waals surface area contributed by atoms with Crippen molar-refractivity contribution >= 4 is 34.4 Å². The van der Waals surface area contributed by atoms with Gasteiger partial charge in [-0.25, -0.2) is 14.1 Å². The molecular weight excluding hydrogens is 357 g/mol. The van der Waals surface area contributed by atoms with Crippen LogP contribution in [0, 0.1) is 5.82 Å². The minimum Gasteiger partial charge on any atom is -0.295 e. The van der Waals surface area contributed by atoms with Gasteiger partial charge in [0.1, 0.15) is 12.1 Å². The Hall–Kier alpha value is -3.00. The molecule has 0 saturated carbocycles. The van der Waals surface area contributed by atoms with Crippen LogP contribution in [0.25, 0.3) is 10.9 Å². The zero-order valence-corrected chi connectivity index (χ0v) is 14.5. The minimum atomic E-state index is -0.569. The molecule has 0 atom stereocenters. The molecule has 0 spiro atoms. The van der Waals surface area contributed by atoms with E-state index < -0.39 is 17.3 Å². The van der Waals surface area contributed by atoms with Crippen LogP contribution in [0.2, 0.25) is 0 Å². The number of aromatic nitrogens is 2. The van der Waals surface area contributed by atoms with Crippen LogP contribution in [0.15, 0.2) is 58.5 Å². The van der Waals surface area contributed by atoms with E-state index in [0.717, 1.165) is 22.5 Å². The summed E-state index contributed by atoms with van der Waals surface area (Å²) in [6.45, 7) is 1.35. The SMILES string of the molecule is CC(=O)c1ccc(SCC(=O)Nn2cnc3ccccc3c2=O)c(F)c1. The Bertz CT molecular complexity index is 1060. The Morgan fingerprint density at radius 2 is 2.00 bits per heavy atom. The van der Waals surface area contributed by atoms with Crippen molar-refractivity contribution in [3.8, 4) is 0 Å². The van der Waals surface area contributed by atoms with Crippen molar-refractivity contribution in [2.24, 2.45) is 0 Å². The van der Waals surface area contributed by atoms with Crippen molar-refractivity contribution in [1.82, 2.24) is 9.66 Å². The molecule has 1 heterocycles. The lowest BCUT2D eigenvalue weighted by Gasteiger charge is -2.09. The van der Waals surface area contributed by atoms with Crippen LogP contribution >= 0.6 is 11.8 Å². The van der Waals surface area contributed by atoms with Gasteiger partial charge < -0.3 is 0 Å². The second kappa shape index (κ2) is 7.49. The van der Waals surface area contributed by atoms with E-state index in [-0.39, 0.29) is 22.0 Å². The van der Waals surface area contributed by atoms with Crippen molar-refractivity contribution in [2.75, 3.05) is 11.2 Å². The Labute approximate surface area is 152 Å². The van der Waals surface area contributed by atoms with Crippen molar-refractivity contribution < 1.29 is 14.0 Å². The van der Waals surface area contributed by atoms with Gasteiger partial charge in [-0.15, -0.1) is 11.8 Å². The van der Waals surface area contributed by atoms with Gasteiger partial charge in [0.2, 0.25) is 5.91 Å². The number of carbonyl (C=O) groups is 2. The molecule has 2 aromatic carbocycles. The van der Waals surface area contributed by atoms with E-state index in [1.165, 1.54) is 25.4 Å². The summed E-state index contributed by atoms with van der Waals surface area (Å²) in [5.74, 6) is -1.39. The Kier molecular flexibility index (Phi) is 5.13. The van der Waals surface area contributed by atoms with Crippen LogP contribution in [0.3, 0.4) is 0 Å². The molecular formula is C18H14FN3O3S. The molecule has 6 nitrogen and oxygen atoms in total. The summed E-state index contributed by atoms with van der Waals surface area (Å²) in [6, 6.07) is 10.9. The number of para-hydroxylation sites is 1. The summed E-state index contributed by atoms with van der Waals surface area (Å²) in [4.78, 5) is 39.9. The summed E-state index contributed by atoms with van der Waals surface area (Å²) in [5, 5.41) is 0.383. The Morgan fingerprint density at radius 3 is 2.73 bits per heavy atom. The van der Waals surface area contributed by atoms with E-state index in [0.29, 0.717) is 10.9 Å². The van der Waals surface area contributed by atoms with Crippen LogP contribution in [0.4, 0.5) is 4.39 Å². The van der Waals surface area contributed by atoms with E-state index in [4.69, 9.17) is 0 Å². The van der Waals surface area contributed by atoms with Crippen molar-refractivity contribution in [3.05, 3.63) is 70.5 Å². The van der Waals surface area contributed by atoms with E-state index >= 15 is 0 Å². The first-order valence-corrected chi connectivity index (χ1v) is 8.64. The molecule has 26 heavy (non-hydrogen) atoms. The smallest absolute Gasteiger partial charge is 0.280 e. The third-order valence-corrected chi connectivity index (χ3v) is 4.66. The van der Waals surface area contributed by atoms with Gasteiger partial charge in [0.25, 0.3) is 5.56 Å². The predicted molar refractivity (Wildman–Crippen MR) is 97.5 cm³/mol. The van der Waals surface area contributed by atoms with Crippen LogP contribution in [-0.4, -0.2) is 27.1 Å². The van der Waals surface area contributed by atoms with Crippen LogP contribution in [-0.2, 0) is 4.79 Å². The number of rotatable bonds is 5. The largest absolute Gasteiger partial charge is 0.295 e. The lowest BCUT2D eigenvalue weighted by Crippen LogP contribution is -2.34. The predicted octanol–water partition coefficient (Wildman–Crippen LogP) is 2.60. The summed E-state index contributed by atoms with van der Waals surface area (Å²) in [7, 11) is 0. The van der Waals surface area contributed by atoms with Crippen molar-refractivity contribution in [2.45, 2.75) is 11.8 Å². The molecule has 3 rings (SSSR count). The fourth-order valence-corrected chi connectivity index (χ4v) is 3.01. The number of hydrogen-bond acceptors (Lipinski definition) is 5. The molecule has 1 N–H and O–H groups in total. The summed E-state index contributed by atoms with van der Waals surface area (Å²) < 4.78 is 15.0. The van der Waals surface area contributed by atoms with Crippen LogP contribution < -0.4 is 11.0 Å². The monoisotopic (exact) mass is 371 g/mol. The molecule has 0 saturated heterocycles. The molecule has 0 aliphatic carbocycles. The average Bonchev–Trinajstić information content (AvgIpc) is 2.63. The highest BCUT2D eigenvalue weighted by atomic mass is 32.2. The first-order chi connectivity index (χ1) is 12.5. The molecule has 0 fully saturated rings. The van der Waals surface area contributed by atoms with Gasteiger partial charge in [0.15, 0.2) is 5.78 Å². The number of nitrogens with zero attached hydrogens (tertiary/aromatic N) is 2. The molecule has 132 valence electrons. The molecule has 0 aliphatic rings. The molecule has 0 unspecified atom stereocenters. The maximum absolute atomic E-state index is 14.0. The van der Waals surface area contributed by atoms with Gasteiger partial charge in [0, 0.05) is 10.5 Å². The van der Waals surface area contributed by atoms with Crippen LogP contribution in [0.5, 0.6) is 0 Å². The Morgan fingerprint density at radius 1 is 1.23 bits per heavy atom. The van der Waals surface area contributed by atoms with Crippen LogP contribution in [0.1, 0.15) is 17.3 Å². The number of Topliss-reactive ketones (excluding diaryl/α,β-unsaturated/α-hetero) is 1. The second-order valence-electron chi connectivity index (χ2n) is 5.46. The highest BCUT2D eigenvalue weighted by Crippen LogP contribution is 2.22. The lowest BCUT2D eigenvalue weighted by molar-refractivity contribution is -0.114. The number of benzene rings is 2. The third-order valence-electron chi connectivity index (χ3n) is 3.61. The second-order valence-corrected chi connectivity index (χ2v) is 6.48. The van der Waals surface area contributed by atoms with E-state index in [2.05, 4.69) is 10.4 Å². The first kappa shape index (κ1) is 17.8. The maximum atomic E-state index is 14.0. The van der Waals surface area contributed by atoms with Gasteiger partial charge in [0.05, 0.1) is 16.7 Å².